The van der Waals surface area contributed by atoms with Crippen LogP contribution in [0.4, 0.5) is 11.8 Å². The monoisotopic (exact) mass is 222 g/mol. The molecule has 2 N–H and O–H groups in total. The zero-order valence-electron chi connectivity index (χ0n) is 10.7. The maximum atomic E-state index is 4.43. The Bertz CT molecular complexity index is 321. The molecule has 1 heterocycles. The number of anilines is 2. The molecule has 0 spiro atoms. The van der Waals surface area contributed by atoms with Crippen LogP contribution in [0.5, 0.6) is 0 Å². The zero-order chi connectivity index (χ0) is 12.0. The molecule has 0 fully saturated rings. The first-order chi connectivity index (χ1) is 7.69. The molecule has 0 aliphatic rings. The fourth-order valence-corrected chi connectivity index (χ4v) is 1.58. The normalized spacial score (nSPS) is 10.6. The Balaban J connectivity index is 2.78. The van der Waals surface area contributed by atoms with E-state index in [4.69, 9.17) is 0 Å². The number of nitrogens with zero attached hydrogens (tertiary/aromatic N) is 2. The highest BCUT2D eigenvalue weighted by molar-refractivity contribution is 5.42. The molecular weight excluding hydrogens is 200 g/mol. The first-order valence-corrected chi connectivity index (χ1v) is 6.05. The number of rotatable bonds is 6. The Kier molecular flexibility index (Phi) is 5.02. The zero-order valence-corrected chi connectivity index (χ0v) is 10.7. The lowest BCUT2D eigenvalue weighted by molar-refractivity contribution is 0.668. The van der Waals surface area contributed by atoms with Crippen molar-refractivity contribution in [3.05, 3.63) is 11.8 Å². The molecule has 0 amide bonds. The molecule has 0 saturated heterocycles. The summed E-state index contributed by atoms with van der Waals surface area (Å²) in [6.07, 6.45) is 2.21. The highest BCUT2D eigenvalue weighted by Gasteiger charge is 2.06. The van der Waals surface area contributed by atoms with Gasteiger partial charge in [-0.2, -0.15) is 4.98 Å². The van der Waals surface area contributed by atoms with E-state index in [0.29, 0.717) is 12.0 Å². The van der Waals surface area contributed by atoms with Gasteiger partial charge in [-0.3, -0.25) is 0 Å². The van der Waals surface area contributed by atoms with Crippen molar-refractivity contribution in [3.63, 3.8) is 0 Å². The summed E-state index contributed by atoms with van der Waals surface area (Å²) in [7, 11) is 0. The number of hydrogen-bond acceptors (Lipinski definition) is 4. The summed E-state index contributed by atoms with van der Waals surface area (Å²) in [4.78, 5) is 8.75. The highest BCUT2D eigenvalue weighted by atomic mass is 15.1. The fourth-order valence-electron chi connectivity index (χ4n) is 1.58. The van der Waals surface area contributed by atoms with Crippen molar-refractivity contribution in [3.8, 4) is 0 Å². The second-order valence-electron chi connectivity index (χ2n) is 3.91. The third-order valence-corrected chi connectivity index (χ3v) is 2.53. The molecule has 0 bridgehead atoms. The van der Waals surface area contributed by atoms with Crippen LogP contribution in [0, 0.1) is 6.92 Å². The van der Waals surface area contributed by atoms with Crippen LogP contribution in [-0.2, 0) is 0 Å². The predicted octanol–water partition coefficient (Wildman–Crippen LogP) is 2.82. The number of aryl methyl sites for hydroxylation is 1. The Labute approximate surface area is 97.9 Å². The van der Waals surface area contributed by atoms with Crippen molar-refractivity contribution < 1.29 is 0 Å². The molecule has 0 radical (unpaired) electrons. The molecule has 16 heavy (non-hydrogen) atoms. The van der Waals surface area contributed by atoms with E-state index < -0.39 is 0 Å². The maximum Gasteiger partial charge on any atom is 0.224 e. The van der Waals surface area contributed by atoms with Gasteiger partial charge in [-0.15, -0.1) is 0 Å². The van der Waals surface area contributed by atoms with Crippen LogP contribution < -0.4 is 10.6 Å². The smallest absolute Gasteiger partial charge is 0.224 e. The molecule has 0 saturated carbocycles. The fraction of sp³-hybridized carbons (Fsp3) is 0.667. The van der Waals surface area contributed by atoms with Crippen LogP contribution in [0.3, 0.4) is 0 Å². The van der Waals surface area contributed by atoms with Gasteiger partial charge in [0, 0.05) is 24.3 Å². The quantitative estimate of drug-likeness (QED) is 0.777. The standard InChI is InChI=1S/C12H22N4/c1-5-10(6-2)15-11-8-9(4)14-12(16-11)13-7-3/h8,10H,5-7H2,1-4H3,(H2,13,14,15,16). The van der Waals surface area contributed by atoms with E-state index >= 15 is 0 Å². The van der Waals surface area contributed by atoms with Crippen molar-refractivity contribution in [2.75, 3.05) is 17.2 Å². The van der Waals surface area contributed by atoms with Gasteiger partial charge < -0.3 is 10.6 Å². The van der Waals surface area contributed by atoms with E-state index in [0.717, 1.165) is 30.9 Å². The van der Waals surface area contributed by atoms with Gasteiger partial charge in [0.1, 0.15) is 5.82 Å². The summed E-state index contributed by atoms with van der Waals surface area (Å²) >= 11 is 0. The minimum Gasteiger partial charge on any atom is -0.367 e. The molecule has 0 aliphatic heterocycles. The summed E-state index contributed by atoms with van der Waals surface area (Å²) in [6, 6.07) is 2.47. The topological polar surface area (TPSA) is 49.8 Å². The lowest BCUT2D eigenvalue weighted by Crippen LogP contribution is -2.18. The van der Waals surface area contributed by atoms with Crippen molar-refractivity contribution in [2.45, 2.75) is 46.6 Å². The minimum absolute atomic E-state index is 0.490. The molecule has 90 valence electrons. The van der Waals surface area contributed by atoms with Crippen LogP contribution in [0.2, 0.25) is 0 Å². The van der Waals surface area contributed by atoms with Gasteiger partial charge in [-0.1, -0.05) is 13.8 Å². The van der Waals surface area contributed by atoms with Crippen LogP contribution >= 0.6 is 0 Å². The molecular formula is C12H22N4. The van der Waals surface area contributed by atoms with Crippen LogP contribution in [-0.4, -0.2) is 22.6 Å². The first-order valence-electron chi connectivity index (χ1n) is 6.05. The van der Waals surface area contributed by atoms with Crippen molar-refractivity contribution in [2.24, 2.45) is 0 Å². The second-order valence-corrected chi connectivity index (χ2v) is 3.91. The number of nitrogens with one attached hydrogen (secondary N) is 2. The summed E-state index contributed by atoms with van der Waals surface area (Å²) in [5.41, 5.74) is 0.986. The predicted molar refractivity (Wildman–Crippen MR) is 68.9 cm³/mol. The summed E-state index contributed by atoms with van der Waals surface area (Å²) in [5.74, 6) is 1.62. The second kappa shape index (κ2) is 6.30. The van der Waals surface area contributed by atoms with Gasteiger partial charge in [0.15, 0.2) is 0 Å². The van der Waals surface area contributed by atoms with Gasteiger partial charge in [0.05, 0.1) is 0 Å². The Hall–Kier alpha value is -1.32. The summed E-state index contributed by atoms with van der Waals surface area (Å²) in [5, 5.41) is 6.56. The Morgan fingerprint density at radius 2 is 1.88 bits per heavy atom. The summed E-state index contributed by atoms with van der Waals surface area (Å²) < 4.78 is 0. The highest BCUT2D eigenvalue weighted by Crippen LogP contribution is 2.12. The van der Waals surface area contributed by atoms with Crippen LogP contribution in [0.15, 0.2) is 6.07 Å². The van der Waals surface area contributed by atoms with Crippen molar-refractivity contribution in [1.29, 1.82) is 0 Å². The lowest BCUT2D eigenvalue weighted by Gasteiger charge is -2.16. The van der Waals surface area contributed by atoms with Gasteiger partial charge in [-0.05, 0) is 26.7 Å². The largest absolute Gasteiger partial charge is 0.367 e. The van der Waals surface area contributed by atoms with E-state index in [9.17, 15) is 0 Å². The molecule has 1 aromatic heterocycles. The third kappa shape index (κ3) is 3.68. The van der Waals surface area contributed by atoms with E-state index in [2.05, 4.69) is 34.4 Å². The van der Waals surface area contributed by atoms with E-state index in [1.165, 1.54) is 0 Å². The summed E-state index contributed by atoms with van der Waals surface area (Å²) in [6.45, 7) is 9.23. The molecule has 0 aromatic carbocycles. The molecule has 4 nitrogen and oxygen atoms in total. The first kappa shape index (κ1) is 12.7. The number of hydrogen-bond donors (Lipinski definition) is 2. The maximum absolute atomic E-state index is 4.43. The number of aromatic nitrogens is 2. The molecule has 0 aliphatic carbocycles. The van der Waals surface area contributed by atoms with E-state index in [-0.39, 0.29) is 0 Å². The molecule has 1 rings (SSSR count). The van der Waals surface area contributed by atoms with E-state index in [1.807, 2.05) is 19.9 Å². The molecule has 0 unspecified atom stereocenters. The van der Waals surface area contributed by atoms with Gasteiger partial charge in [0.2, 0.25) is 5.95 Å². The molecule has 4 heteroatoms. The van der Waals surface area contributed by atoms with Gasteiger partial charge >= 0.3 is 0 Å². The average Bonchev–Trinajstić information content (AvgIpc) is 2.25. The Morgan fingerprint density at radius 3 is 2.44 bits per heavy atom. The molecule has 1 aromatic rings. The average molecular weight is 222 g/mol. The van der Waals surface area contributed by atoms with Crippen LogP contribution in [0.1, 0.15) is 39.3 Å². The van der Waals surface area contributed by atoms with Crippen LogP contribution in [0.25, 0.3) is 0 Å². The minimum atomic E-state index is 0.490. The van der Waals surface area contributed by atoms with Gasteiger partial charge in [0.25, 0.3) is 0 Å². The Morgan fingerprint density at radius 1 is 1.19 bits per heavy atom. The molecule has 0 atom stereocenters. The lowest BCUT2D eigenvalue weighted by atomic mass is 10.2. The van der Waals surface area contributed by atoms with Gasteiger partial charge in [-0.25, -0.2) is 4.98 Å². The SMILES string of the molecule is CCNc1nc(C)cc(NC(CC)CC)n1. The van der Waals surface area contributed by atoms with Crippen molar-refractivity contribution in [1.82, 2.24) is 9.97 Å². The van der Waals surface area contributed by atoms with E-state index in [1.54, 1.807) is 0 Å². The third-order valence-electron chi connectivity index (χ3n) is 2.53. The van der Waals surface area contributed by atoms with Crippen molar-refractivity contribution >= 4 is 11.8 Å².